The number of hydrogen-bond donors (Lipinski definition) is 1. The number of nitrogens with one attached hydrogen (secondary N) is 1. The molecule has 2 heterocycles. The van der Waals surface area contributed by atoms with Gasteiger partial charge in [0.2, 0.25) is 0 Å². The van der Waals surface area contributed by atoms with Crippen molar-refractivity contribution in [3.8, 4) is 0 Å². The van der Waals surface area contributed by atoms with Gasteiger partial charge in [0.05, 0.1) is 0 Å². The molecule has 0 aromatic carbocycles. The van der Waals surface area contributed by atoms with E-state index in [0.717, 1.165) is 28.8 Å². The molecule has 5 nitrogen and oxygen atoms in total. The molecule has 0 saturated heterocycles. The molecular weight excluding hydrogens is 254 g/mol. The summed E-state index contributed by atoms with van der Waals surface area (Å²) in [6, 6.07) is 0. The first kappa shape index (κ1) is 12.4. The summed E-state index contributed by atoms with van der Waals surface area (Å²) < 4.78 is 4.99. The van der Waals surface area contributed by atoms with Gasteiger partial charge in [-0.25, -0.2) is 15.0 Å². The van der Waals surface area contributed by atoms with E-state index in [-0.39, 0.29) is 0 Å². The van der Waals surface area contributed by atoms with Crippen molar-refractivity contribution in [1.82, 2.24) is 24.6 Å². The van der Waals surface area contributed by atoms with E-state index in [1.807, 2.05) is 19.3 Å². The Kier molecular flexibility index (Phi) is 4.41. The summed E-state index contributed by atoms with van der Waals surface area (Å²) >= 11 is 2.82. The summed E-state index contributed by atoms with van der Waals surface area (Å²) in [6.07, 6.45) is 3.68. The normalized spacial score (nSPS) is 10.7. The van der Waals surface area contributed by atoms with Crippen LogP contribution in [-0.2, 0) is 6.54 Å². The van der Waals surface area contributed by atoms with Crippen molar-refractivity contribution in [3.05, 3.63) is 23.8 Å². The Morgan fingerprint density at radius 2 is 2.12 bits per heavy atom. The van der Waals surface area contributed by atoms with Crippen LogP contribution in [0.1, 0.15) is 18.3 Å². The molecule has 0 radical (unpaired) electrons. The monoisotopic (exact) mass is 267 g/mol. The van der Waals surface area contributed by atoms with Crippen molar-refractivity contribution < 1.29 is 0 Å². The first-order valence-electron chi connectivity index (χ1n) is 5.27. The fourth-order valence-electron chi connectivity index (χ4n) is 1.15. The highest BCUT2D eigenvalue weighted by Crippen LogP contribution is 2.25. The van der Waals surface area contributed by atoms with E-state index in [1.165, 1.54) is 23.3 Å². The van der Waals surface area contributed by atoms with Crippen LogP contribution in [0.5, 0.6) is 0 Å². The zero-order chi connectivity index (χ0) is 12.1. The summed E-state index contributed by atoms with van der Waals surface area (Å²) in [5, 5.41) is 3.94. The van der Waals surface area contributed by atoms with Crippen LogP contribution in [0.25, 0.3) is 0 Å². The Labute approximate surface area is 108 Å². The molecule has 1 N–H and O–H groups in total. The van der Waals surface area contributed by atoms with Gasteiger partial charge in [-0.15, -0.1) is 0 Å². The van der Waals surface area contributed by atoms with Gasteiger partial charge in [-0.05, 0) is 36.8 Å². The predicted octanol–water partition coefficient (Wildman–Crippen LogP) is 1.90. The van der Waals surface area contributed by atoms with Crippen molar-refractivity contribution in [3.63, 3.8) is 0 Å². The van der Waals surface area contributed by atoms with Gasteiger partial charge in [-0.3, -0.25) is 0 Å². The van der Waals surface area contributed by atoms with E-state index in [0.29, 0.717) is 5.16 Å². The Bertz CT molecular complexity index is 468. The number of aromatic nitrogens is 4. The van der Waals surface area contributed by atoms with Gasteiger partial charge in [-0.1, -0.05) is 6.92 Å². The van der Waals surface area contributed by atoms with E-state index in [1.54, 1.807) is 0 Å². The number of aryl methyl sites for hydroxylation is 1. The molecule has 2 aromatic rings. The number of nitrogens with zero attached hydrogens (tertiary/aromatic N) is 4. The molecule has 2 aromatic heterocycles. The molecule has 0 aliphatic carbocycles. The maximum absolute atomic E-state index is 4.29. The van der Waals surface area contributed by atoms with E-state index in [9.17, 15) is 0 Å². The first-order valence-corrected chi connectivity index (χ1v) is 6.86. The summed E-state index contributed by atoms with van der Waals surface area (Å²) in [5.74, 6) is 0.793. The predicted molar refractivity (Wildman–Crippen MR) is 68.2 cm³/mol. The maximum atomic E-state index is 4.29. The summed E-state index contributed by atoms with van der Waals surface area (Å²) in [5.41, 5.74) is 1.09. The highest BCUT2D eigenvalue weighted by Gasteiger charge is 2.05. The summed E-state index contributed by atoms with van der Waals surface area (Å²) in [7, 11) is 0. The van der Waals surface area contributed by atoms with E-state index >= 15 is 0 Å². The third-order valence-electron chi connectivity index (χ3n) is 1.95. The highest BCUT2D eigenvalue weighted by atomic mass is 32.2. The van der Waals surface area contributed by atoms with Gasteiger partial charge >= 0.3 is 0 Å². The molecule has 0 amide bonds. The molecule has 0 unspecified atom stereocenters. The van der Waals surface area contributed by atoms with Gasteiger partial charge in [-0.2, -0.15) is 4.37 Å². The highest BCUT2D eigenvalue weighted by molar-refractivity contribution is 8.00. The summed E-state index contributed by atoms with van der Waals surface area (Å²) in [4.78, 5) is 12.8. The fraction of sp³-hybridized carbons (Fsp3) is 0.400. The minimum absolute atomic E-state index is 0.710. The van der Waals surface area contributed by atoms with Crippen LogP contribution in [0.15, 0.2) is 21.9 Å². The molecule has 0 fully saturated rings. The average molecular weight is 267 g/mol. The second kappa shape index (κ2) is 6.04. The molecule has 0 atom stereocenters. The van der Waals surface area contributed by atoms with Crippen LogP contribution in [0.4, 0.5) is 0 Å². The van der Waals surface area contributed by atoms with Crippen LogP contribution >= 0.6 is 23.3 Å². The minimum atomic E-state index is 0.710. The molecule has 17 heavy (non-hydrogen) atoms. The molecule has 7 heteroatoms. The van der Waals surface area contributed by atoms with Crippen LogP contribution < -0.4 is 5.32 Å². The third-order valence-corrected chi connectivity index (χ3v) is 3.68. The molecule has 0 spiro atoms. The Morgan fingerprint density at radius 3 is 2.71 bits per heavy atom. The second-order valence-corrected chi connectivity index (χ2v) is 5.33. The Balaban J connectivity index is 1.98. The summed E-state index contributed by atoms with van der Waals surface area (Å²) in [6.45, 7) is 5.70. The Hall–Kier alpha value is -1.05. The lowest BCUT2D eigenvalue weighted by Gasteiger charge is -2.01. The van der Waals surface area contributed by atoms with Gasteiger partial charge < -0.3 is 5.32 Å². The number of hydrogen-bond acceptors (Lipinski definition) is 7. The smallest absolute Gasteiger partial charge is 0.194 e. The molecule has 2 rings (SSSR count). The first-order chi connectivity index (χ1) is 8.28. The lowest BCUT2D eigenvalue weighted by molar-refractivity contribution is 0.716. The fourth-order valence-corrected chi connectivity index (χ4v) is 2.61. The standard InChI is InChI=1S/C10H13N5S2/c1-3-11-4-8-5-12-9(13-6-8)16-10-14-7(2)15-17-10/h5-6,11H,3-4H2,1-2H3. The minimum Gasteiger partial charge on any atom is -0.313 e. The van der Waals surface area contributed by atoms with E-state index in [4.69, 9.17) is 0 Å². The second-order valence-electron chi connectivity index (χ2n) is 3.36. The molecule has 0 aliphatic rings. The topological polar surface area (TPSA) is 63.6 Å². The molecule has 0 saturated carbocycles. The van der Waals surface area contributed by atoms with Crippen LogP contribution in [0.3, 0.4) is 0 Å². The molecular formula is C10H13N5S2. The molecule has 0 bridgehead atoms. The van der Waals surface area contributed by atoms with Crippen molar-refractivity contribution >= 4 is 23.3 Å². The van der Waals surface area contributed by atoms with Crippen molar-refractivity contribution in [2.45, 2.75) is 29.9 Å². The van der Waals surface area contributed by atoms with E-state index in [2.05, 4.69) is 31.6 Å². The SMILES string of the molecule is CCNCc1cnc(Sc2nc(C)ns2)nc1. The van der Waals surface area contributed by atoms with Crippen LogP contribution in [0.2, 0.25) is 0 Å². The van der Waals surface area contributed by atoms with Gasteiger partial charge in [0, 0.05) is 24.5 Å². The molecule has 90 valence electrons. The molecule has 0 aliphatic heterocycles. The average Bonchev–Trinajstić information content (AvgIpc) is 2.74. The zero-order valence-corrected chi connectivity index (χ0v) is 11.3. The Morgan fingerprint density at radius 1 is 1.35 bits per heavy atom. The maximum Gasteiger partial charge on any atom is 0.194 e. The van der Waals surface area contributed by atoms with Crippen LogP contribution in [0, 0.1) is 6.92 Å². The van der Waals surface area contributed by atoms with Crippen molar-refractivity contribution in [2.75, 3.05) is 6.54 Å². The number of rotatable bonds is 5. The van der Waals surface area contributed by atoms with Gasteiger partial charge in [0.15, 0.2) is 9.50 Å². The lowest BCUT2D eigenvalue weighted by atomic mass is 10.3. The van der Waals surface area contributed by atoms with Crippen molar-refractivity contribution in [1.29, 1.82) is 0 Å². The lowest BCUT2D eigenvalue weighted by Crippen LogP contribution is -2.12. The van der Waals surface area contributed by atoms with Gasteiger partial charge in [0.1, 0.15) is 5.82 Å². The zero-order valence-electron chi connectivity index (χ0n) is 9.67. The van der Waals surface area contributed by atoms with Crippen LogP contribution in [-0.4, -0.2) is 25.9 Å². The van der Waals surface area contributed by atoms with E-state index < -0.39 is 0 Å². The largest absolute Gasteiger partial charge is 0.313 e. The third kappa shape index (κ3) is 3.72. The van der Waals surface area contributed by atoms with Gasteiger partial charge in [0.25, 0.3) is 0 Å². The van der Waals surface area contributed by atoms with Crippen molar-refractivity contribution in [2.24, 2.45) is 0 Å². The quantitative estimate of drug-likeness (QED) is 0.835.